The van der Waals surface area contributed by atoms with Crippen molar-refractivity contribution in [2.75, 3.05) is 13.1 Å². The second kappa shape index (κ2) is 7.72. The number of pyridine rings is 1. The van der Waals surface area contributed by atoms with Crippen molar-refractivity contribution in [1.29, 1.82) is 0 Å². The molecule has 0 bridgehead atoms. The van der Waals surface area contributed by atoms with Gasteiger partial charge in [0.15, 0.2) is 12.2 Å². The molecule has 1 aliphatic heterocycles. The number of amides is 1. The summed E-state index contributed by atoms with van der Waals surface area (Å²) in [5.74, 6) is 0.587. The summed E-state index contributed by atoms with van der Waals surface area (Å²) in [6.07, 6.45) is 4.98. The van der Waals surface area contributed by atoms with Crippen molar-refractivity contribution >= 4 is 16.8 Å². The highest BCUT2D eigenvalue weighted by Gasteiger charge is 2.34. The molecule has 1 fully saturated rings. The molecule has 3 heterocycles. The Hall–Kier alpha value is -3.51. The first-order valence-electron chi connectivity index (χ1n) is 9.98. The van der Waals surface area contributed by atoms with Gasteiger partial charge >= 0.3 is 0 Å². The zero-order valence-corrected chi connectivity index (χ0v) is 16.3. The molecule has 30 heavy (non-hydrogen) atoms. The maximum absolute atomic E-state index is 13.0. The summed E-state index contributed by atoms with van der Waals surface area (Å²) in [6.45, 7) is 0.872. The average molecular weight is 399 g/mol. The van der Waals surface area contributed by atoms with Crippen LogP contribution in [0.5, 0.6) is 0 Å². The molecule has 1 aliphatic rings. The van der Waals surface area contributed by atoms with Gasteiger partial charge in [-0.3, -0.25) is 9.78 Å². The zero-order valence-electron chi connectivity index (χ0n) is 16.3. The lowest BCUT2D eigenvalue weighted by atomic mass is 9.94. The van der Waals surface area contributed by atoms with Crippen LogP contribution in [0.1, 0.15) is 15.9 Å². The number of para-hydroxylation sites is 1. The number of aliphatic hydroxyl groups excluding tert-OH is 1. The van der Waals surface area contributed by atoms with Crippen LogP contribution in [0, 0.1) is 5.92 Å². The minimum Gasteiger partial charge on any atom is -0.444 e. The third-order valence-corrected chi connectivity index (χ3v) is 5.76. The molecule has 2 aromatic carbocycles. The fourth-order valence-electron chi connectivity index (χ4n) is 4.15. The number of β-amino-alcohol motifs (C(OH)–C–C–N with tert-alkyl or cyclic N) is 1. The Bertz CT molecular complexity index is 1170. The molecule has 6 heteroatoms. The summed E-state index contributed by atoms with van der Waals surface area (Å²) in [5.41, 5.74) is 3.56. The summed E-state index contributed by atoms with van der Waals surface area (Å²) in [4.78, 5) is 23.0. The van der Waals surface area contributed by atoms with Crippen LogP contribution >= 0.6 is 0 Å². The molecule has 4 aromatic rings. The molecule has 0 radical (unpaired) electrons. The number of fused-ring (bicyclic) bond motifs is 1. The minimum atomic E-state index is -0.547. The van der Waals surface area contributed by atoms with Gasteiger partial charge in [-0.05, 0) is 36.2 Å². The molecular formula is C24H21N3O3. The Morgan fingerprint density at radius 2 is 1.93 bits per heavy atom. The predicted octanol–water partition coefficient (Wildman–Crippen LogP) is 3.57. The van der Waals surface area contributed by atoms with E-state index in [0.717, 1.165) is 22.0 Å². The van der Waals surface area contributed by atoms with Gasteiger partial charge in [0.2, 0.25) is 0 Å². The fourth-order valence-corrected chi connectivity index (χ4v) is 4.15. The zero-order chi connectivity index (χ0) is 20.5. The maximum atomic E-state index is 13.0. The van der Waals surface area contributed by atoms with E-state index >= 15 is 0 Å². The second-order valence-electron chi connectivity index (χ2n) is 7.67. The largest absolute Gasteiger partial charge is 0.444 e. The molecule has 0 saturated carbocycles. The number of aromatic nitrogens is 2. The van der Waals surface area contributed by atoms with E-state index in [0.29, 0.717) is 30.8 Å². The van der Waals surface area contributed by atoms with Gasteiger partial charge in [0, 0.05) is 41.7 Å². The van der Waals surface area contributed by atoms with Crippen LogP contribution < -0.4 is 0 Å². The van der Waals surface area contributed by atoms with Gasteiger partial charge in [0.1, 0.15) is 0 Å². The standard InChI is InChI=1S/C24H21N3O3/c28-22-14-27(24(29)17-7-5-16(6-8-17)23-12-25-15-30-23)13-19(22)11-18-9-10-26-21-4-2-1-3-20(18)21/h1-10,12,15,19,22,28H,11,13-14H2/t19-,22+/m1/s1. The number of nitrogens with zero attached hydrogens (tertiary/aromatic N) is 3. The van der Waals surface area contributed by atoms with Crippen LogP contribution in [0.4, 0.5) is 0 Å². The van der Waals surface area contributed by atoms with E-state index in [9.17, 15) is 9.90 Å². The lowest BCUT2D eigenvalue weighted by Crippen LogP contribution is -2.29. The number of hydrogen-bond acceptors (Lipinski definition) is 5. The number of oxazole rings is 1. The van der Waals surface area contributed by atoms with Crippen molar-refractivity contribution in [3.8, 4) is 11.3 Å². The quantitative estimate of drug-likeness (QED) is 0.568. The molecule has 6 nitrogen and oxygen atoms in total. The van der Waals surface area contributed by atoms with Crippen LogP contribution in [0.2, 0.25) is 0 Å². The van der Waals surface area contributed by atoms with Gasteiger partial charge in [-0.15, -0.1) is 0 Å². The minimum absolute atomic E-state index is 0.00628. The van der Waals surface area contributed by atoms with Crippen molar-refractivity contribution in [2.24, 2.45) is 5.92 Å². The Balaban J connectivity index is 1.31. The third kappa shape index (κ3) is 3.46. The first-order valence-corrected chi connectivity index (χ1v) is 9.98. The van der Waals surface area contributed by atoms with Crippen LogP contribution in [0.25, 0.3) is 22.2 Å². The number of likely N-dealkylation sites (tertiary alicyclic amines) is 1. The number of benzene rings is 2. The SMILES string of the molecule is O=C(c1ccc(-c2cnco2)cc1)N1C[C@@H](Cc2ccnc3ccccc23)[C@@H](O)C1. The van der Waals surface area contributed by atoms with Crippen LogP contribution in [0.15, 0.2) is 77.8 Å². The monoisotopic (exact) mass is 399 g/mol. The number of aliphatic hydroxyl groups is 1. The predicted molar refractivity (Wildman–Crippen MR) is 113 cm³/mol. The van der Waals surface area contributed by atoms with Crippen LogP contribution in [-0.2, 0) is 6.42 Å². The lowest BCUT2D eigenvalue weighted by molar-refractivity contribution is 0.0764. The fraction of sp³-hybridized carbons (Fsp3) is 0.208. The summed E-state index contributed by atoms with van der Waals surface area (Å²) >= 11 is 0. The van der Waals surface area contributed by atoms with Gasteiger partial charge in [-0.25, -0.2) is 4.98 Å². The van der Waals surface area contributed by atoms with E-state index in [1.165, 1.54) is 6.39 Å². The van der Waals surface area contributed by atoms with E-state index in [4.69, 9.17) is 4.42 Å². The number of rotatable bonds is 4. The van der Waals surface area contributed by atoms with Crippen molar-refractivity contribution in [1.82, 2.24) is 14.9 Å². The van der Waals surface area contributed by atoms with Gasteiger partial charge in [0.25, 0.3) is 5.91 Å². The molecule has 2 aromatic heterocycles. The highest BCUT2D eigenvalue weighted by molar-refractivity contribution is 5.95. The first kappa shape index (κ1) is 18.5. The van der Waals surface area contributed by atoms with Crippen LogP contribution in [-0.4, -0.2) is 45.1 Å². The highest BCUT2D eigenvalue weighted by atomic mass is 16.3. The van der Waals surface area contributed by atoms with Crippen molar-refractivity contribution in [2.45, 2.75) is 12.5 Å². The number of carbonyl (C=O) groups excluding carboxylic acids is 1. The van der Waals surface area contributed by atoms with E-state index in [2.05, 4.69) is 16.0 Å². The maximum Gasteiger partial charge on any atom is 0.253 e. The molecule has 0 unspecified atom stereocenters. The summed E-state index contributed by atoms with van der Waals surface area (Å²) < 4.78 is 5.29. The van der Waals surface area contributed by atoms with E-state index in [1.807, 2.05) is 36.4 Å². The van der Waals surface area contributed by atoms with Crippen molar-refractivity contribution in [3.05, 3.63) is 84.5 Å². The van der Waals surface area contributed by atoms with Crippen molar-refractivity contribution < 1.29 is 14.3 Å². The van der Waals surface area contributed by atoms with Gasteiger partial charge in [-0.1, -0.05) is 30.3 Å². The van der Waals surface area contributed by atoms with E-state index in [-0.39, 0.29) is 11.8 Å². The molecule has 150 valence electrons. The number of carbonyl (C=O) groups is 1. The topological polar surface area (TPSA) is 79.5 Å². The Morgan fingerprint density at radius 1 is 1.10 bits per heavy atom. The van der Waals surface area contributed by atoms with Crippen LogP contribution in [0.3, 0.4) is 0 Å². The van der Waals surface area contributed by atoms with Gasteiger partial charge < -0.3 is 14.4 Å². The molecule has 2 atom stereocenters. The Labute approximate surface area is 173 Å². The summed E-state index contributed by atoms with van der Waals surface area (Å²) in [6, 6.07) is 17.3. The Kier molecular flexibility index (Phi) is 4.77. The third-order valence-electron chi connectivity index (χ3n) is 5.76. The average Bonchev–Trinajstić information content (AvgIpc) is 3.44. The van der Waals surface area contributed by atoms with E-state index in [1.54, 1.807) is 29.4 Å². The molecule has 5 rings (SSSR count). The smallest absolute Gasteiger partial charge is 0.253 e. The molecule has 0 aliphatic carbocycles. The highest BCUT2D eigenvalue weighted by Crippen LogP contribution is 2.27. The number of hydrogen-bond donors (Lipinski definition) is 1. The molecular weight excluding hydrogens is 378 g/mol. The van der Waals surface area contributed by atoms with Crippen molar-refractivity contribution in [3.63, 3.8) is 0 Å². The summed E-state index contributed by atoms with van der Waals surface area (Å²) in [5, 5.41) is 11.7. The van der Waals surface area contributed by atoms with Gasteiger partial charge in [-0.2, -0.15) is 0 Å². The Morgan fingerprint density at radius 3 is 2.73 bits per heavy atom. The van der Waals surface area contributed by atoms with Gasteiger partial charge in [0.05, 0.1) is 17.8 Å². The lowest BCUT2D eigenvalue weighted by Gasteiger charge is -2.17. The first-order chi connectivity index (χ1) is 14.7. The molecule has 1 N–H and O–H groups in total. The molecule has 1 saturated heterocycles. The summed E-state index contributed by atoms with van der Waals surface area (Å²) in [7, 11) is 0. The molecule has 0 spiro atoms. The second-order valence-corrected chi connectivity index (χ2v) is 7.67. The molecule has 1 amide bonds. The van der Waals surface area contributed by atoms with E-state index < -0.39 is 6.10 Å². The normalized spacial score (nSPS) is 18.8.